The lowest BCUT2D eigenvalue weighted by molar-refractivity contribution is 0.00540. The van der Waals surface area contributed by atoms with Gasteiger partial charge in [-0.3, -0.25) is 4.90 Å². The first-order valence-electron chi connectivity index (χ1n) is 13.1. The Hall–Kier alpha value is -3.72. The zero-order valence-corrected chi connectivity index (χ0v) is 22.6. The third-order valence-corrected chi connectivity index (χ3v) is 8.16. The van der Waals surface area contributed by atoms with Crippen LogP contribution in [-0.4, -0.2) is 62.8 Å². The fourth-order valence-corrected chi connectivity index (χ4v) is 6.58. The molecule has 0 unspecified atom stereocenters. The maximum atomic E-state index is 16.2. The van der Waals surface area contributed by atoms with E-state index in [0.29, 0.717) is 33.7 Å². The highest BCUT2D eigenvalue weighted by Gasteiger charge is 2.51. The van der Waals surface area contributed by atoms with Gasteiger partial charge in [0.25, 0.3) is 0 Å². The molecule has 2 aromatic heterocycles. The Morgan fingerprint density at radius 3 is 2.69 bits per heavy atom. The van der Waals surface area contributed by atoms with Crippen molar-refractivity contribution in [3.8, 4) is 17.1 Å². The number of carbonyl (C=O) groups is 1. The summed E-state index contributed by atoms with van der Waals surface area (Å²) < 4.78 is 28.3. The number of hydrogen-bond acceptors (Lipinski definition) is 7. The molecule has 8 nitrogen and oxygen atoms in total. The van der Waals surface area contributed by atoms with Crippen LogP contribution in [0.4, 0.5) is 15.0 Å². The van der Waals surface area contributed by atoms with Crippen molar-refractivity contribution >= 4 is 45.2 Å². The lowest BCUT2D eigenvalue weighted by Crippen LogP contribution is -2.63. The van der Waals surface area contributed by atoms with Crippen molar-refractivity contribution in [2.45, 2.75) is 57.3 Å². The number of ether oxygens (including phenoxy) is 2. The molecule has 7 rings (SSSR count). The molecule has 200 valence electrons. The molecule has 3 aliphatic rings. The molecule has 1 amide bonds. The molecule has 4 aromatic rings. The molecule has 0 radical (unpaired) electrons. The number of anilines is 1. The lowest BCUT2D eigenvalue weighted by Gasteiger charge is -2.46. The van der Waals surface area contributed by atoms with E-state index in [1.54, 1.807) is 12.1 Å². The molecule has 2 saturated heterocycles. The number of rotatable bonds is 1. The van der Waals surface area contributed by atoms with Crippen LogP contribution < -0.4 is 9.64 Å². The van der Waals surface area contributed by atoms with Gasteiger partial charge in [0.05, 0.1) is 18.1 Å². The topological polar surface area (TPSA) is 80.7 Å². The molecule has 3 aliphatic heterocycles. The second-order valence-corrected chi connectivity index (χ2v) is 11.8. The van der Waals surface area contributed by atoms with Gasteiger partial charge >= 0.3 is 6.09 Å². The Balaban J connectivity index is 1.35. The molecular formula is C29H27ClFN5O3. The minimum atomic E-state index is -0.592. The van der Waals surface area contributed by atoms with Crippen molar-refractivity contribution < 1.29 is 18.7 Å². The number of pyridine rings is 1. The summed E-state index contributed by atoms with van der Waals surface area (Å²) in [6, 6.07) is 10.8. The fourth-order valence-electron chi connectivity index (χ4n) is 6.30. The maximum Gasteiger partial charge on any atom is 0.410 e. The normalized spacial score (nSPS) is 22.0. The SMILES string of the molecule is CC(C)(C)OC(=O)N1[C@@H]2CC[C@H]1[C@H]1COc3nc(-c4cccc5cccc(Cl)c45)c(F)c4ncnc(c34)N1C2. The van der Waals surface area contributed by atoms with Crippen LogP contribution >= 0.6 is 11.6 Å². The Labute approximate surface area is 229 Å². The van der Waals surface area contributed by atoms with E-state index in [2.05, 4.69) is 14.9 Å². The maximum absolute atomic E-state index is 16.2. The van der Waals surface area contributed by atoms with Crippen molar-refractivity contribution in [1.29, 1.82) is 0 Å². The van der Waals surface area contributed by atoms with Gasteiger partial charge in [0, 0.05) is 22.5 Å². The highest BCUT2D eigenvalue weighted by Crippen LogP contribution is 2.45. The van der Waals surface area contributed by atoms with Crippen molar-refractivity contribution in [2.75, 3.05) is 18.1 Å². The summed E-state index contributed by atoms with van der Waals surface area (Å²) in [5.74, 6) is 0.296. The summed E-state index contributed by atoms with van der Waals surface area (Å²) in [5.41, 5.74) is 0.240. The molecule has 0 spiro atoms. The van der Waals surface area contributed by atoms with Crippen molar-refractivity contribution in [3.05, 3.63) is 53.6 Å². The summed E-state index contributed by atoms with van der Waals surface area (Å²) in [7, 11) is 0. The Bertz CT molecular complexity index is 1650. The number of piperazine rings is 1. The van der Waals surface area contributed by atoms with E-state index in [1.165, 1.54) is 6.33 Å². The van der Waals surface area contributed by atoms with Gasteiger partial charge in [0.15, 0.2) is 5.82 Å². The third kappa shape index (κ3) is 3.77. The predicted octanol–water partition coefficient (Wildman–Crippen LogP) is 5.99. The van der Waals surface area contributed by atoms with E-state index in [1.807, 2.05) is 49.9 Å². The van der Waals surface area contributed by atoms with E-state index < -0.39 is 11.4 Å². The van der Waals surface area contributed by atoms with E-state index in [9.17, 15) is 4.79 Å². The van der Waals surface area contributed by atoms with Gasteiger partial charge < -0.3 is 14.4 Å². The lowest BCUT2D eigenvalue weighted by atomic mass is 10.0. The average Bonchev–Trinajstić information content (AvgIpc) is 3.13. The summed E-state index contributed by atoms with van der Waals surface area (Å²) in [6.07, 6.45) is 2.74. The molecule has 10 heteroatoms. The zero-order chi connectivity index (χ0) is 27.1. The Morgan fingerprint density at radius 2 is 1.90 bits per heavy atom. The van der Waals surface area contributed by atoms with Crippen LogP contribution in [0.1, 0.15) is 33.6 Å². The Morgan fingerprint density at radius 1 is 1.10 bits per heavy atom. The average molecular weight is 548 g/mol. The number of benzene rings is 2. The molecule has 0 N–H and O–H groups in total. The number of carbonyl (C=O) groups excluding carboxylic acids is 1. The molecule has 0 aliphatic carbocycles. The molecule has 2 fully saturated rings. The highest BCUT2D eigenvalue weighted by atomic mass is 35.5. The van der Waals surface area contributed by atoms with Gasteiger partial charge in [-0.15, -0.1) is 0 Å². The quantitative estimate of drug-likeness (QED) is 0.290. The van der Waals surface area contributed by atoms with Crippen LogP contribution in [0.3, 0.4) is 0 Å². The van der Waals surface area contributed by atoms with Crippen LogP contribution in [0.15, 0.2) is 42.7 Å². The van der Waals surface area contributed by atoms with E-state index >= 15 is 4.39 Å². The van der Waals surface area contributed by atoms with Gasteiger partial charge in [-0.1, -0.05) is 41.9 Å². The smallest absolute Gasteiger partial charge is 0.410 e. The second-order valence-electron chi connectivity index (χ2n) is 11.4. The van der Waals surface area contributed by atoms with E-state index in [0.717, 1.165) is 18.2 Å². The predicted molar refractivity (Wildman–Crippen MR) is 147 cm³/mol. The van der Waals surface area contributed by atoms with Gasteiger partial charge in [-0.2, -0.15) is 0 Å². The standard InChI is InChI=1S/C29H27ClFN5O3/c1-29(2,3)39-28(37)36-16-10-11-19(36)20-13-38-27-22-25(32-14-33-26(22)35(20)12-16)23(31)24(34-27)17-8-4-6-15-7-5-9-18(30)21(15)17/h4-9,14,16,19-20H,10-13H2,1-3H3/t16-,19+,20-/m1/s1. The highest BCUT2D eigenvalue weighted by molar-refractivity contribution is 6.36. The van der Waals surface area contributed by atoms with Crippen LogP contribution in [-0.2, 0) is 4.74 Å². The first-order valence-corrected chi connectivity index (χ1v) is 13.5. The van der Waals surface area contributed by atoms with Crippen molar-refractivity contribution in [1.82, 2.24) is 19.9 Å². The molecule has 2 bridgehead atoms. The number of nitrogens with zero attached hydrogens (tertiary/aromatic N) is 5. The summed E-state index contributed by atoms with van der Waals surface area (Å²) >= 11 is 6.56. The third-order valence-electron chi connectivity index (χ3n) is 7.84. The zero-order valence-electron chi connectivity index (χ0n) is 21.8. The summed E-state index contributed by atoms with van der Waals surface area (Å²) in [4.78, 5) is 30.8. The molecule has 2 aromatic carbocycles. The molecular weight excluding hydrogens is 521 g/mol. The van der Waals surface area contributed by atoms with E-state index in [4.69, 9.17) is 26.1 Å². The Kier molecular flexibility index (Phi) is 5.39. The number of fused-ring (bicyclic) bond motifs is 6. The number of hydrogen-bond donors (Lipinski definition) is 0. The van der Waals surface area contributed by atoms with Crippen LogP contribution in [0.2, 0.25) is 5.02 Å². The molecule has 3 atom stereocenters. The van der Waals surface area contributed by atoms with Gasteiger partial charge in [0.1, 0.15) is 40.9 Å². The minimum absolute atomic E-state index is 0.0393. The number of aromatic nitrogens is 3. The minimum Gasteiger partial charge on any atom is -0.475 e. The summed E-state index contributed by atoms with van der Waals surface area (Å²) in [5, 5.41) is 2.55. The van der Waals surface area contributed by atoms with Gasteiger partial charge in [0.2, 0.25) is 5.88 Å². The van der Waals surface area contributed by atoms with Gasteiger partial charge in [-0.25, -0.2) is 24.1 Å². The largest absolute Gasteiger partial charge is 0.475 e. The van der Waals surface area contributed by atoms with Crippen LogP contribution in [0, 0.1) is 5.82 Å². The van der Waals surface area contributed by atoms with Crippen LogP contribution in [0.5, 0.6) is 5.88 Å². The van der Waals surface area contributed by atoms with Crippen molar-refractivity contribution in [3.63, 3.8) is 0 Å². The first kappa shape index (κ1) is 24.3. The number of halogens is 2. The van der Waals surface area contributed by atoms with Gasteiger partial charge in [-0.05, 0) is 45.1 Å². The van der Waals surface area contributed by atoms with Crippen LogP contribution in [0.25, 0.3) is 32.9 Å². The number of amides is 1. The van der Waals surface area contributed by atoms with Crippen molar-refractivity contribution in [2.24, 2.45) is 0 Å². The summed E-state index contributed by atoms with van der Waals surface area (Å²) in [6.45, 7) is 6.40. The first-order chi connectivity index (χ1) is 18.7. The molecule has 0 saturated carbocycles. The second kappa shape index (κ2) is 8.64. The monoisotopic (exact) mass is 547 g/mol. The molecule has 5 heterocycles. The fraction of sp³-hybridized carbons (Fsp3) is 0.379. The van der Waals surface area contributed by atoms with E-state index in [-0.39, 0.29) is 47.9 Å². The molecule has 39 heavy (non-hydrogen) atoms.